The van der Waals surface area contributed by atoms with Gasteiger partial charge in [-0.1, -0.05) is 6.92 Å². The first kappa shape index (κ1) is 18.5. The Hall–Kier alpha value is -0.820. The Bertz CT molecular complexity index is 540. The Labute approximate surface area is 141 Å². The molecule has 7 heteroatoms. The van der Waals surface area contributed by atoms with E-state index in [-0.39, 0.29) is 11.2 Å². The number of aliphatic imine (C=N–C) groups is 1. The maximum absolute atomic E-state index is 11.5. The molecule has 1 saturated carbocycles. The van der Waals surface area contributed by atoms with Crippen LogP contribution in [0.2, 0.25) is 0 Å². The highest BCUT2D eigenvalue weighted by molar-refractivity contribution is 7.90. The molecule has 2 unspecified atom stereocenters. The third-order valence-electron chi connectivity index (χ3n) is 5.07. The Balaban J connectivity index is 1.85. The van der Waals surface area contributed by atoms with Crippen LogP contribution in [-0.4, -0.2) is 70.1 Å². The maximum atomic E-state index is 11.5. The molecule has 2 rings (SSSR count). The van der Waals surface area contributed by atoms with Crippen LogP contribution in [0.15, 0.2) is 4.99 Å². The minimum Gasteiger partial charge on any atom is -0.356 e. The fraction of sp³-hybridized carbons (Fsp3) is 0.938. The zero-order valence-corrected chi connectivity index (χ0v) is 15.9. The molecule has 1 saturated heterocycles. The molecule has 0 bridgehead atoms. The van der Waals surface area contributed by atoms with E-state index in [1.165, 1.54) is 6.26 Å². The molecule has 1 aliphatic carbocycles. The molecule has 0 radical (unpaired) electrons. The van der Waals surface area contributed by atoms with Crippen LogP contribution in [-0.2, 0) is 9.84 Å². The van der Waals surface area contributed by atoms with Crippen molar-refractivity contribution in [2.45, 2.75) is 45.7 Å². The van der Waals surface area contributed by atoms with Crippen LogP contribution in [0.5, 0.6) is 0 Å². The van der Waals surface area contributed by atoms with Crippen molar-refractivity contribution in [3.8, 4) is 0 Å². The first-order valence-corrected chi connectivity index (χ1v) is 10.6. The molecular formula is C16H32N4O2S. The van der Waals surface area contributed by atoms with Crippen molar-refractivity contribution in [3.05, 3.63) is 0 Å². The molecule has 2 aliphatic rings. The summed E-state index contributed by atoms with van der Waals surface area (Å²) in [6, 6.07) is 0.942. The molecule has 23 heavy (non-hydrogen) atoms. The second-order valence-electron chi connectivity index (χ2n) is 7.77. The first-order chi connectivity index (χ1) is 10.6. The topological polar surface area (TPSA) is 73.8 Å². The number of sulfone groups is 1. The van der Waals surface area contributed by atoms with E-state index in [1.807, 2.05) is 0 Å². The van der Waals surface area contributed by atoms with Crippen molar-refractivity contribution < 1.29 is 8.42 Å². The lowest BCUT2D eigenvalue weighted by molar-refractivity contribution is 0.265. The van der Waals surface area contributed by atoms with Gasteiger partial charge < -0.3 is 10.6 Å². The normalized spacial score (nSPS) is 28.2. The van der Waals surface area contributed by atoms with E-state index in [2.05, 4.69) is 41.3 Å². The molecule has 2 N–H and O–H groups in total. The largest absolute Gasteiger partial charge is 0.356 e. The quantitative estimate of drug-likeness (QED) is 0.548. The van der Waals surface area contributed by atoms with Crippen LogP contribution in [0.25, 0.3) is 0 Å². The molecule has 0 amide bonds. The summed E-state index contributed by atoms with van der Waals surface area (Å²) in [6.07, 6.45) is 3.27. The van der Waals surface area contributed by atoms with E-state index in [9.17, 15) is 8.42 Å². The Morgan fingerprint density at radius 2 is 2.00 bits per heavy atom. The molecule has 1 heterocycles. The zero-order chi connectivity index (χ0) is 17.3. The number of rotatable bonds is 6. The van der Waals surface area contributed by atoms with Crippen molar-refractivity contribution in [2.24, 2.45) is 16.3 Å². The summed E-state index contributed by atoms with van der Waals surface area (Å²) in [5.41, 5.74) is -0.0868. The van der Waals surface area contributed by atoms with Crippen LogP contribution >= 0.6 is 0 Å². The average molecular weight is 345 g/mol. The molecule has 0 aromatic rings. The third-order valence-corrected chi connectivity index (χ3v) is 6.21. The Morgan fingerprint density at radius 1 is 1.35 bits per heavy atom. The van der Waals surface area contributed by atoms with E-state index < -0.39 is 9.84 Å². The van der Waals surface area contributed by atoms with Gasteiger partial charge in [0.2, 0.25) is 0 Å². The number of hydrogen-bond acceptors (Lipinski definition) is 4. The van der Waals surface area contributed by atoms with Crippen LogP contribution in [0, 0.1) is 11.3 Å². The lowest BCUT2D eigenvalue weighted by Crippen LogP contribution is -2.48. The Kier molecular flexibility index (Phi) is 5.61. The second-order valence-corrected chi connectivity index (χ2v) is 9.91. The van der Waals surface area contributed by atoms with Gasteiger partial charge >= 0.3 is 0 Å². The van der Waals surface area contributed by atoms with Crippen LogP contribution in [0.3, 0.4) is 0 Å². The summed E-state index contributed by atoms with van der Waals surface area (Å²) >= 11 is 0. The molecular weight excluding hydrogens is 312 g/mol. The van der Waals surface area contributed by atoms with Crippen molar-refractivity contribution in [1.82, 2.24) is 15.5 Å². The minimum absolute atomic E-state index is 0.0868. The van der Waals surface area contributed by atoms with Gasteiger partial charge in [-0.15, -0.1) is 0 Å². The fourth-order valence-corrected chi connectivity index (χ4v) is 4.86. The molecule has 0 spiro atoms. The van der Waals surface area contributed by atoms with E-state index in [0.29, 0.717) is 24.5 Å². The number of hydrogen-bond donors (Lipinski definition) is 2. The molecule has 1 aliphatic heterocycles. The summed E-state index contributed by atoms with van der Waals surface area (Å²) in [5, 5.41) is 6.85. The standard InChI is InChI=1S/C16H32N4O2S/c1-12(2)20-8-13(3)14(9-20)19-15(17-4)18-10-16(6-7-16)11-23(5,21)22/h12-14H,6-11H2,1-5H3,(H2,17,18,19). The van der Waals surface area contributed by atoms with E-state index in [1.54, 1.807) is 7.05 Å². The molecule has 0 aromatic carbocycles. The zero-order valence-electron chi connectivity index (χ0n) is 15.1. The van der Waals surface area contributed by atoms with Gasteiger partial charge in [-0.25, -0.2) is 8.42 Å². The minimum atomic E-state index is -2.93. The first-order valence-electron chi connectivity index (χ1n) is 8.53. The molecule has 6 nitrogen and oxygen atoms in total. The highest BCUT2D eigenvalue weighted by Gasteiger charge is 2.45. The lowest BCUT2D eigenvalue weighted by Gasteiger charge is -2.23. The molecule has 2 fully saturated rings. The summed E-state index contributed by atoms with van der Waals surface area (Å²) in [5.74, 6) is 1.62. The molecule has 0 aromatic heterocycles. The van der Waals surface area contributed by atoms with E-state index in [4.69, 9.17) is 0 Å². The summed E-state index contributed by atoms with van der Waals surface area (Å²) in [6.45, 7) is 9.51. The Morgan fingerprint density at radius 3 is 2.43 bits per heavy atom. The lowest BCUT2D eigenvalue weighted by atomic mass is 10.1. The number of nitrogens with zero attached hydrogens (tertiary/aromatic N) is 2. The van der Waals surface area contributed by atoms with E-state index in [0.717, 1.165) is 31.9 Å². The van der Waals surface area contributed by atoms with Crippen molar-refractivity contribution >= 4 is 15.8 Å². The predicted molar refractivity (Wildman–Crippen MR) is 95.5 cm³/mol. The highest BCUT2D eigenvalue weighted by atomic mass is 32.2. The highest BCUT2D eigenvalue weighted by Crippen LogP contribution is 2.46. The number of guanidine groups is 1. The van der Waals surface area contributed by atoms with Gasteiger partial charge in [-0.2, -0.15) is 0 Å². The smallest absolute Gasteiger partial charge is 0.191 e. The molecule has 134 valence electrons. The number of nitrogens with one attached hydrogen (secondary N) is 2. The molecule has 2 atom stereocenters. The fourth-order valence-electron chi connectivity index (χ4n) is 3.36. The third kappa shape index (κ3) is 5.35. The van der Waals surface area contributed by atoms with Crippen LogP contribution < -0.4 is 10.6 Å². The SMILES string of the molecule is CN=C(NCC1(CS(C)(=O)=O)CC1)NC1CN(C(C)C)CC1C. The van der Waals surface area contributed by atoms with Crippen LogP contribution in [0.4, 0.5) is 0 Å². The monoisotopic (exact) mass is 344 g/mol. The summed E-state index contributed by atoms with van der Waals surface area (Å²) in [4.78, 5) is 6.78. The average Bonchev–Trinajstić information content (AvgIpc) is 3.07. The van der Waals surface area contributed by atoms with Crippen molar-refractivity contribution in [3.63, 3.8) is 0 Å². The maximum Gasteiger partial charge on any atom is 0.191 e. The van der Waals surface area contributed by atoms with Crippen LogP contribution in [0.1, 0.15) is 33.6 Å². The predicted octanol–water partition coefficient (Wildman–Crippen LogP) is 0.705. The number of likely N-dealkylation sites (tertiary alicyclic amines) is 1. The van der Waals surface area contributed by atoms with Crippen molar-refractivity contribution in [1.29, 1.82) is 0 Å². The van der Waals surface area contributed by atoms with Crippen molar-refractivity contribution in [2.75, 3.05) is 38.7 Å². The van der Waals surface area contributed by atoms with Gasteiger partial charge in [0, 0.05) is 50.4 Å². The van der Waals surface area contributed by atoms with Gasteiger partial charge in [0.1, 0.15) is 9.84 Å². The summed E-state index contributed by atoms with van der Waals surface area (Å²) < 4.78 is 23.1. The van der Waals surface area contributed by atoms with Gasteiger partial charge in [0.25, 0.3) is 0 Å². The summed E-state index contributed by atoms with van der Waals surface area (Å²) in [7, 11) is -1.16. The van der Waals surface area contributed by atoms with Gasteiger partial charge in [0.15, 0.2) is 5.96 Å². The second kappa shape index (κ2) is 6.97. The van der Waals surface area contributed by atoms with E-state index >= 15 is 0 Å². The van der Waals surface area contributed by atoms with Gasteiger partial charge in [-0.05, 0) is 32.6 Å². The van der Waals surface area contributed by atoms with Gasteiger partial charge in [-0.3, -0.25) is 9.89 Å². The van der Waals surface area contributed by atoms with Gasteiger partial charge in [0.05, 0.1) is 5.75 Å².